The van der Waals surface area contributed by atoms with Crippen molar-refractivity contribution in [2.45, 2.75) is 64.8 Å². The summed E-state index contributed by atoms with van der Waals surface area (Å²) in [5, 5.41) is 7.04. The third-order valence-corrected chi connectivity index (χ3v) is 5.21. The first-order chi connectivity index (χ1) is 10.2. The quantitative estimate of drug-likeness (QED) is 0.931. The summed E-state index contributed by atoms with van der Waals surface area (Å²) in [6.45, 7) is 5.30. The maximum Gasteiger partial charge on any atom is 0.293 e. The second-order valence-corrected chi connectivity index (χ2v) is 6.64. The van der Waals surface area contributed by atoms with E-state index >= 15 is 0 Å². The Morgan fingerprint density at radius 1 is 1.33 bits per heavy atom. The number of hydrogen-bond acceptors (Lipinski definition) is 3. The summed E-state index contributed by atoms with van der Waals surface area (Å²) in [6.07, 6.45) is 7.94. The van der Waals surface area contributed by atoms with Crippen molar-refractivity contribution in [2.24, 2.45) is 11.8 Å². The summed E-state index contributed by atoms with van der Waals surface area (Å²) in [4.78, 5) is 19.2. The molecule has 1 saturated carbocycles. The zero-order valence-electron chi connectivity index (χ0n) is 13.1. The molecule has 21 heavy (non-hydrogen) atoms. The fourth-order valence-electron chi connectivity index (χ4n) is 4.03. The van der Waals surface area contributed by atoms with E-state index in [-0.39, 0.29) is 5.91 Å². The highest BCUT2D eigenvalue weighted by molar-refractivity contribution is 5.90. The topological polar surface area (TPSA) is 61.9 Å². The highest BCUT2D eigenvalue weighted by Gasteiger charge is 2.40. The van der Waals surface area contributed by atoms with Gasteiger partial charge in [-0.1, -0.05) is 26.7 Å². The van der Waals surface area contributed by atoms with Crippen LogP contribution in [0.5, 0.6) is 0 Å². The zero-order valence-corrected chi connectivity index (χ0v) is 13.1. The molecule has 0 radical (unpaired) electrons. The Morgan fingerprint density at radius 3 is 2.95 bits per heavy atom. The zero-order chi connectivity index (χ0) is 14.8. The lowest BCUT2D eigenvalue weighted by molar-refractivity contribution is 0.0208. The summed E-state index contributed by atoms with van der Waals surface area (Å²) in [5.41, 5.74) is 0. The van der Waals surface area contributed by atoms with Gasteiger partial charge in [-0.15, -0.1) is 5.10 Å². The molecule has 1 saturated heterocycles. The van der Waals surface area contributed by atoms with Crippen molar-refractivity contribution >= 4 is 5.91 Å². The number of nitrogens with zero attached hydrogens (tertiary/aromatic N) is 3. The first kappa shape index (κ1) is 14.5. The van der Waals surface area contributed by atoms with Crippen molar-refractivity contribution < 1.29 is 4.79 Å². The molecule has 0 aromatic carbocycles. The van der Waals surface area contributed by atoms with Gasteiger partial charge >= 0.3 is 0 Å². The van der Waals surface area contributed by atoms with Crippen molar-refractivity contribution in [3.8, 4) is 0 Å². The molecule has 2 aliphatic rings. The van der Waals surface area contributed by atoms with E-state index < -0.39 is 0 Å². The van der Waals surface area contributed by atoms with Gasteiger partial charge in [0.05, 0.1) is 0 Å². The number of aryl methyl sites for hydroxylation is 1. The summed E-state index contributed by atoms with van der Waals surface area (Å²) in [7, 11) is 0. The second-order valence-electron chi connectivity index (χ2n) is 6.64. The number of carbonyl (C=O) groups excluding carboxylic acids is 1. The Kier molecular flexibility index (Phi) is 4.27. The van der Waals surface area contributed by atoms with Gasteiger partial charge in [-0.05, 0) is 37.5 Å². The van der Waals surface area contributed by atoms with Gasteiger partial charge in [-0.25, -0.2) is 4.98 Å². The van der Waals surface area contributed by atoms with Crippen LogP contribution in [0.15, 0.2) is 0 Å². The Labute approximate surface area is 126 Å². The van der Waals surface area contributed by atoms with E-state index in [0.29, 0.717) is 17.8 Å². The number of likely N-dealkylation sites (tertiary alicyclic amines) is 1. The molecule has 3 rings (SSSR count). The van der Waals surface area contributed by atoms with Crippen molar-refractivity contribution in [1.82, 2.24) is 20.1 Å². The lowest BCUT2D eigenvalue weighted by Gasteiger charge is -2.46. The molecule has 1 amide bonds. The molecule has 1 aromatic heterocycles. The molecular weight excluding hydrogens is 264 g/mol. The molecule has 0 spiro atoms. The largest absolute Gasteiger partial charge is 0.333 e. The number of aromatic nitrogens is 3. The molecule has 1 aromatic rings. The van der Waals surface area contributed by atoms with Crippen LogP contribution < -0.4 is 0 Å². The van der Waals surface area contributed by atoms with Crippen LogP contribution in [-0.4, -0.2) is 38.6 Å². The number of aromatic amines is 1. The number of H-pyrrole nitrogens is 1. The third-order valence-electron chi connectivity index (χ3n) is 5.21. The molecule has 1 aliphatic carbocycles. The van der Waals surface area contributed by atoms with Crippen LogP contribution >= 0.6 is 0 Å². The fourth-order valence-corrected chi connectivity index (χ4v) is 4.03. The molecule has 0 bridgehead atoms. The first-order valence-electron chi connectivity index (χ1n) is 8.43. The average Bonchev–Trinajstić information content (AvgIpc) is 2.96. The van der Waals surface area contributed by atoms with E-state index in [4.69, 9.17) is 0 Å². The molecule has 3 unspecified atom stereocenters. The average molecular weight is 290 g/mol. The molecule has 1 N–H and O–H groups in total. The van der Waals surface area contributed by atoms with E-state index in [1.807, 2.05) is 0 Å². The van der Waals surface area contributed by atoms with Crippen LogP contribution in [0.4, 0.5) is 0 Å². The van der Waals surface area contributed by atoms with Crippen LogP contribution in [0.3, 0.4) is 0 Å². The van der Waals surface area contributed by atoms with Crippen molar-refractivity contribution in [3.63, 3.8) is 0 Å². The van der Waals surface area contributed by atoms with Gasteiger partial charge in [0.15, 0.2) is 0 Å². The lowest BCUT2D eigenvalue weighted by Crippen LogP contribution is -2.52. The highest BCUT2D eigenvalue weighted by Crippen LogP contribution is 2.39. The molecule has 5 heteroatoms. The van der Waals surface area contributed by atoms with Crippen LogP contribution in [-0.2, 0) is 6.42 Å². The van der Waals surface area contributed by atoms with Crippen LogP contribution in [0.2, 0.25) is 0 Å². The Bertz CT molecular complexity index is 498. The number of hydrogen-bond donors (Lipinski definition) is 1. The number of fused-ring (bicyclic) bond motifs is 1. The highest BCUT2D eigenvalue weighted by atomic mass is 16.2. The Balaban J connectivity index is 1.76. The van der Waals surface area contributed by atoms with Gasteiger partial charge in [-0.3, -0.25) is 9.89 Å². The van der Waals surface area contributed by atoms with Crippen molar-refractivity contribution in [1.29, 1.82) is 0 Å². The van der Waals surface area contributed by atoms with Crippen LogP contribution in [0, 0.1) is 11.8 Å². The molecule has 5 nitrogen and oxygen atoms in total. The predicted octanol–water partition coefficient (Wildman–Crippen LogP) is 2.80. The van der Waals surface area contributed by atoms with Crippen LogP contribution in [0.25, 0.3) is 0 Å². The maximum atomic E-state index is 12.8. The second kappa shape index (κ2) is 6.16. The number of rotatable bonds is 3. The minimum absolute atomic E-state index is 0.0254. The first-order valence-corrected chi connectivity index (χ1v) is 8.43. The van der Waals surface area contributed by atoms with E-state index in [1.165, 1.54) is 19.3 Å². The van der Waals surface area contributed by atoms with Gasteiger partial charge < -0.3 is 4.90 Å². The van der Waals surface area contributed by atoms with Gasteiger partial charge in [0.25, 0.3) is 5.91 Å². The number of carbonyl (C=O) groups is 1. The van der Waals surface area contributed by atoms with Gasteiger partial charge in [0.2, 0.25) is 5.82 Å². The fraction of sp³-hybridized carbons (Fsp3) is 0.812. The lowest BCUT2D eigenvalue weighted by atomic mass is 9.72. The van der Waals surface area contributed by atoms with Gasteiger partial charge in [-0.2, -0.15) is 0 Å². The normalized spacial score (nSPS) is 29.2. The number of nitrogens with one attached hydrogen (secondary N) is 1. The van der Waals surface area contributed by atoms with E-state index in [2.05, 4.69) is 33.9 Å². The number of amides is 1. The molecule has 2 fully saturated rings. The van der Waals surface area contributed by atoms with E-state index in [0.717, 1.165) is 44.0 Å². The number of piperidine rings is 1. The molecule has 3 atom stereocenters. The predicted molar refractivity (Wildman–Crippen MR) is 80.9 cm³/mol. The standard InChI is InChI=1S/C16H26N4O/c1-3-6-14-17-15(19-18-14)16(21)20-10-9-11(2)12-7-4-5-8-13(12)20/h11-13H,3-10H2,1-2H3,(H,17,18,19). The van der Waals surface area contributed by atoms with Gasteiger partial charge in [0.1, 0.15) is 5.82 Å². The molecular formula is C16H26N4O. The molecule has 2 heterocycles. The Morgan fingerprint density at radius 2 is 2.14 bits per heavy atom. The summed E-state index contributed by atoms with van der Waals surface area (Å²) >= 11 is 0. The molecule has 116 valence electrons. The molecule has 1 aliphatic heterocycles. The Hall–Kier alpha value is -1.39. The summed E-state index contributed by atoms with van der Waals surface area (Å²) < 4.78 is 0. The summed E-state index contributed by atoms with van der Waals surface area (Å²) in [6, 6.07) is 0.406. The monoisotopic (exact) mass is 290 g/mol. The SMILES string of the molecule is CCCc1nc(C(=O)N2CCC(C)C3CCCCC32)n[nH]1. The van der Waals surface area contributed by atoms with Crippen LogP contribution in [0.1, 0.15) is 68.8 Å². The summed E-state index contributed by atoms with van der Waals surface area (Å²) in [5.74, 6) is 2.62. The third kappa shape index (κ3) is 2.83. The van der Waals surface area contributed by atoms with Gasteiger partial charge in [0, 0.05) is 19.0 Å². The smallest absolute Gasteiger partial charge is 0.293 e. The minimum atomic E-state index is 0.0254. The van der Waals surface area contributed by atoms with E-state index in [1.54, 1.807) is 0 Å². The van der Waals surface area contributed by atoms with E-state index in [9.17, 15) is 4.79 Å². The minimum Gasteiger partial charge on any atom is -0.333 e. The van der Waals surface area contributed by atoms with Crippen molar-refractivity contribution in [3.05, 3.63) is 11.6 Å². The maximum absolute atomic E-state index is 12.8. The van der Waals surface area contributed by atoms with Crippen molar-refractivity contribution in [2.75, 3.05) is 6.54 Å².